The lowest BCUT2D eigenvalue weighted by Gasteiger charge is -2.13. The molecule has 0 radical (unpaired) electrons. The summed E-state index contributed by atoms with van der Waals surface area (Å²) in [5, 5.41) is 17.9. The van der Waals surface area contributed by atoms with Crippen LogP contribution >= 0.6 is 0 Å². The number of phenols is 1. The van der Waals surface area contributed by atoms with E-state index >= 15 is 0 Å². The first-order valence-electron chi connectivity index (χ1n) is 8.33. The molecule has 2 aromatic heterocycles. The van der Waals surface area contributed by atoms with E-state index in [9.17, 15) is 31.4 Å². The minimum atomic E-state index is -4.97. The van der Waals surface area contributed by atoms with E-state index in [1.807, 2.05) is 0 Å². The minimum Gasteiger partial charge on any atom is -0.506 e. The van der Waals surface area contributed by atoms with Crippen LogP contribution in [-0.4, -0.2) is 25.1 Å². The fourth-order valence-electron chi connectivity index (χ4n) is 2.96. The Kier molecular flexibility index (Phi) is 4.40. The predicted octanol–water partition coefficient (Wildman–Crippen LogP) is 5.23. The number of aromatic nitrogens is 4. The first-order valence-corrected chi connectivity index (χ1v) is 8.33. The van der Waals surface area contributed by atoms with Crippen molar-refractivity contribution in [2.75, 3.05) is 0 Å². The third kappa shape index (κ3) is 3.53. The highest BCUT2D eigenvalue weighted by molar-refractivity contribution is 5.91. The van der Waals surface area contributed by atoms with Crippen molar-refractivity contribution in [3.8, 4) is 22.7 Å². The second-order valence-corrected chi connectivity index (χ2v) is 6.35. The largest absolute Gasteiger partial charge is 0.506 e. The molecule has 0 aliphatic rings. The summed E-state index contributed by atoms with van der Waals surface area (Å²) in [4.78, 5) is 4.05. The highest BCUT2D eigenvalue weighted by Crippen LogP contribution is 2.38. The van der Waals surface area contributed by atoms with Gasteiger partial charge in [-0.1, -0.05) is 5.21 Å². The lowest BCUT2D eigenvalue weighted by molar-refractivity contribution is -0.143. The van der Waals surface area contributed by atoms with Crippen molar-refractivity contribution < 1.29 is 31.4 Å². The van der Waals surface area contributed by atoms with Gasteiger partial charge in [-0.15, -0.1) is 5.10 Å². The number of pyridine rings is 1. The first-order chi connectivity index (χ1) is 14.0. The zero-order valence-electron chi connectivity index (χ0n) is 14.7. The van der Waals surface area contributed by atoms with Crippen LogP contribution in [0, 0.1) is 0 Å². The van der Waals surface area contributed by atoms with Gasteiger partial charge < -0.3 is 5.11 Å². The number of fused-ring (bicyclic) bond motifs is 1. The third-order valence-corrected chi connectivity index (χ3v) is 4.35. The van der Waals surface area contributed by atoms with Gasteiger partial charge in [-0.25, -0.2) is 4.68 Å². The summed E-state index contributed by atoms with van der Waals surface area (Å²) >= 11 is 0. The van der Waals surface area contributed by atoms with E-state index in [1.54, 1.807) is 12.1 Å². The third-order valence-electron chi connectivity index (χ3n) is 4.35. The van der Waals surface area contributed by atoms with Crippen molar-refractivity contribution in [3.05, 3.63) is 66.0 Å². The molecule has 0 spiro atoms. The fraction of sp³-hybridized carbons (Fsp3) is 0.105. The quantitative estimate of drug-likeness (QED) is 0.448. The molecule has 11 heteroatoms. The van der Waals surface area contributed by atoms with Crippen molar-refractivity contribution >= 4 is 10.9 Å². The van der Waals surface area contributed by atoms with Crippen molar-refractivity contribution in [3.63, 3.8) is 0 Å². The van der Waals surface area contributed by atoms with Crippen molar-refractivity contribution in [1.29, 1.82) is 0 Å². The SMILES string of the molecule is Oc1ccc(-n2cc(-c3cc(C(F)(F)F)cc(C(F)(F)F)c3)nn2)c2cccnc12. The van der Waals surface area contributed by atoms with Crippen LogP contribution in [0.4, 0.5) is 26.3 Å². The maximum Gasteiger partial charge on any atom is 0.416 e. The molecule has 0 atom stereocenters. The van der Waals surface area contributed by atoms with Gasteiger partial charge in [0.1, 0.15) is 17.0 Å². The van der Waals surface area contributed by atoms with Crippen LogP contribution < -0.4 is 0 Å². The second kappa shape index (κ2) is 6.71. The van der Waals surface area contributed by atoms with Gasteiger partial charge in [-0.3, -0.25) is 4.98 Å². The van der Waals surface area contributed by atoms with Crippen molar-refractivity contribution in [2.24, 2.45) is 0 Å². The second-order valence-electron chi connectivity index (χ2n) is 6.35. The summed E-state index contributed by atoms with van der Waals surface area (Å²) in [6, 6.07) is 7.27. The smallest absolute Gasteiger partial charge is 0.416 e. The molecule has 0 saturated heterocycles. The molecular weight excluding hydrogens is 414 g/mol. The lowest BCUT2D eigenvalue weighted by Crippen LogP contribution is -2.11. The van der Waals surface area contributed by atoms with Gasteiger partial charge in [0, 0.05) is 17.1 Å². The molecule has 2 heterocycles. The molecule has 154 valence electrons. The van der Waals surface area contributed by atoms with Crippen LogP contribution in [0.1, 0.15) is 11.1 Å². The van der Waals surface area contributed by atoms with E-state index in [1.165, 1.54) is 29.2 Å². The molecule has 0 saturated carbocycles. The molecule has 2 aromatic carbocycles. The number of aromatic hydroxyl groups is 1. The van der Waals surface area contributed by atoms with Crippen LogP contribution in [0.3, 0.4) is 0 Å². The zero-order valence-corrected chi connectivity index (χ0v) is 14.7. The maximum absolute atomic E-state index is 13.1. The molecule has 0 bridgehead atoms. The van der Waals surface area contributed by atoms with Crippen LogP contribution in [0.15, 0.2) is 54.9 Å². The maximum atomic E-state index is 13.1. The summed E-state index contributed by atoms with van der Waals surface area (Å²) in [7, 11) is 0. The molecule has 0 fully saturated rings. The average Bonchev–Trinajstić information content (AvgIpc) is 3.17. The average molecular weight is 424 g/mol. The normalized spacial score (nSPS) is 12.5. The minimum absolute atomic E-state index is 0.0487. The number of hydrogen-bond acceptors (Lipinski definition) is 4. The number of halogens is 6. The van der Waals surface area contributed by atoms with E-state index < -0.39 is 23.5 Å². The summed E-state index contributed by atoms with van der Waals surface area (Å²) in [5.41, 5.74) is -2.81. The topological polar surface area (TPSA) is 63.8 Å². The highest BCUT2D eigenvalue weighted by atomic mass is 19.4. The van der Waals surface area contributed by atoms with Gasteiger partial charge in [0.25, 0.3) is 0 Å². The molecular formula is C19H10F6N4O. The van der Waals surface area contributed by atoms with Gasteiger partial charge in [0.2, 0.25) is 0 Å². The molecule has 0 amide bonds. The van der Waals surface area contributed by atoms with Crippen LogP contribution in [0.5, 0.6) is 5.75 Å². The molecule has 0 aliphatic heterocycles. The summed E-state index contributed by atoms with van der Waals surface area (Å²) in [6.07, 6.45) is -7.27. The Morgan fingerprint density at radius 2 is 1.53 bits per heavy atom. The number of benzene rings is 2. The van der Waals surface area contributed by atoms with E-state index in [0.29, 0.717) is 23.2 Å². The Balaban J connectivity index is 1.85. The molecule has 1 N–H and O–H groups in total. The Morgan fingerprint density at radius 3 is 2.17 bits per heavy atom. The van der Waals surface area contributed by atoms with Crippen LogP contribution in [0.25, 0.3) is 27.8 Å². The summed E-state index contributed by atoms with van der Waals surface area (Å²) < 4.78 is 79.8. The zero-order chi connectivity index (χ0) is 21.7. The Bertz CT molecular complexity index is 1210. The van der Waals surface area contributed by atoms with E-state index in [0.717, 1.165) is 0 Å². The molecule has 0 unspecified atom stereocenters. The number of phenolic OH excluding ortho intramolecular Hbond substituents is 1. The Labute approximate surface area is 164 Å². The van der Waals surface area contributed by atoms with Gasteiger partial charge in [0.15, 0.2) is 0 Å². The van der Waals surface area contributed by atoms with E-state index in [2.05, 4.69) is 15.3 Å². The van der Waals surface area contributed by atoms with Gasteiger partial charge in [0.05, 0.1) is 23.0 Å². The number of alkyl halides is 6. The molecule has 30 heavy (non-hydrogen) atoms. The summed E-state index contributed by atoms with van der Waals surface area (Å²) in [5.74, 6) is -0.0950. The van der Waals surface area contributed by atoms with E-state index in [4.69, 9.17) is 0 Å². The van der Waals surface area contributed by atoms with Crippen molar-refractivity contribution in [2.45, 2.75) is 12.4 Å². The van der Waals surface area contributed by atoms with Gasteiger partial charge in [-0.2, -0.15) is 26.3 Å². The Morgan fingerprint density at radius 1 is 0.867 bits per heavy atom. The van der Waals surface area contributed by atoms with Crippen LogP contribution in [0.2, 0.25) is 0 Å². The number of nitrogens with zero attached hydrogens (tertiary/aromatic N) is 4. The molecule has 4 aromatic rings. The molecule has 5 nitrogen and oxygen atoms in total. The predicted molar refractivity (Wildman–Crippen MR) is 93.8 cm³/mol. The van der Waals surface area contributed by atoms with Crippen LogP contribution in [-0.2, 0) is 12.4 Å². The monoisotopic (exact) mass is 424 g/mol. The fourth-order valence-corrected chi connectivity index (χ4v) is 2.96. The first kappa shape index (κ1) is 19.7. The molecule has 0 aliphatic carbocycles. The summed E-state index contributed by atoms with van der Waals surface area (Å²) in [6.45, 7) is 0. The van der Waals surface area contributed by atoms with Gasteiger partial charge >= 0.3 is 12.4 Å². The van der Waals surface area contributed by atoms with Gasteiger partial charge in [-0.05, 0) is 42.5 Å². The highest BCUT2D eigenvalue weighted by Gasteiger charge is 2.37. The van der Waals surface area contributed by atoms with Crippen molar-refractivity contribution in [1.82, 2.24) is 20.0 Å². The number of rotatable bonds is 2. The lowest BCUT2D eigenvalue weighted by atomic mass is 10.0. The Hall–Kier alpha value is -3.63. The standard InChI is InChI=1S/C19H10F6N4O/c20-18(21,22)11-6-10(7-12(8-11)19(23,24)25)14-9-29(28-27-14)15-3-4-16(30)17-13(15)2-1-5-26-17/h1-9,30H. The molecule has 4 rings (SSSR count). The van der Waals surface area contributed by atoms with E-state index in [-0.39, 0.29) is 28.6 Å². The number of hydrogen-bond donors (Lipinski definition) is 1.